The lowest BCUT2D eigenvalue weighted by atomic mass is 10.2. The number of hydrogen-bond acceptors (Lipinski definition) is 3. The number of hydrogen-bond donors (Lipinski definition) is 1. The predicted octanol–water partition coefficient (Wildman–Crippen LogP) is 2.33. The minimum absolute atomic E-state index is 0.742. The summed E-state index contributed by atoms with van der Waals surface area (Å²) in [5, 5.41) is 3.60. The van der Waals surface area contributed by atoms with E-state index in [-0.39, 0.29) is 0 Å². The van der Waals surface area contributed by atoms with Crippen LogP contribution in [-0.2, 0) is 6.54 Å². The number of nitrogens with zero attached hydrogens (tertiary/aromatic N) is 2. The molecule has 106 valence electrons. The van der Waals surface area contributed by atoms with Crippen molar-refractivity contribution in [2.24, 2.45) is 0 Å². The average Bonchev–Trinajstić information content (AvgIpc) is 2.87. The van der Waals surface area contributed by atoms with Crippen LogP contribution in [0.25, 0.3) is 0 Å². The Labute approximate surface area is 117 Å². The maximum atomic E-state index is 3.60. The van der Waals surface area contributed by atoms with E-state index >= 15 is 0 Å². The van der Waals surface area contributed by atoms with E-state index in [1.54, 1.807) is 0 Å². The van der Waals surface area contributed by atoms with Crippen molar-refractivity contribution in [2.45, 2.75) is 32.4 Å². The van der Waals surface area contributed by atoms with Crippen molar-refractivity contribution in [3.63, 3.8) is 0 Å². The van der Waals surface area contributed by atoms with E-state index in [4.69, 9.17) is 0 Å². The molecule has 0 spiro atoms. The van der Waals surface area contributed by atoms with Gasteiger partial charge in [0, 0.05) is 38.9 Å². The highest BCUT2D eigenvalue weighted by Gasteiger charge is 2.21. The molecule has 19 heavy (non-hydrogen) atoms. The second-order valence-electron chi connectivity index (χ2n) is 5.62. The summed E-state index contributed by atoms with van der Waals surface area (Å²) in [5.41, 5.74) is 2.63. The summed E-state index contributed by atoms with van der Waals surface area (Å²) in [4.78, 5) is 4.72. The zero-order valence-electron chi connectivity index (χ0n) is 12.5. The van der Waals surface area contributed by atoms with Gasteiger partial charge in [-0.15, -0.1) is 0 Å². The Balaban J connectivity index is 1.76. The first-order chi connectivity index (χ1) is 9.20. The van der Waals surface area contributed by atoms with E-state index in [0.29, 0.717) is 0 Å². The van der Waals surface area contributed by atoms with Crippen LogP contribution in [0.2, 0.25) is 0 Å². The maximum absolute atomic E-state index is 3.60. The van der Waals surface area contributed by atoms with E-state index in [9.17, 15) is 0 Å². The van der Waals surface area contributed by atoms with E-state index in [0.717, 1.165) is 19.1 Å². The van der Waals surface area contributed by atoms with Gasteiger partial charge in [0.25, 0.3) is 0 Å². The zero-order valence-corrected chi connectivity index (χ0v) is 12.5. The van der Waals surface area contributed by atoms with Crippen LogP contribution in [-0.4, -0.2) is 44.7 Å². The van der Waals surface area contributed by atoms with Gasteiger partial charge in [0.05, 0.1) is 0 Å². The van der Waals surface area contributed by atoms with Crippen LogP contribution in [0.5, 0.6) is 0 Å². The lowest BCUT2D eigenvalue weighted by Gasteiger charge is -2.23. The Kier molecular flexibility index (Phi) is 5.23. The molecule has 3 nitrogen and oxygen atoms in total. The molecule has 1 atom stereocenters. The summed E-state index contributed by atoms with van der Waals surface area (Å²) in [7, 11) is 4.15. The third kappa shape index (κ3) is 3.95. The molecule has 0 aromatic heterocycles. The van der Waals surface area contributed by atoms with Gasteiger partial charge in [0.2, 0.25) is 0 Å². The second-order valence-corrected chi connectivity index (χ2v) is 5.62. The maximum Gasteiger partial charge on any atom is 0.0361 e. The van der Waals surface area contributed by atoms with Crippen molar-refractivity contribution in [1.29, 1.82) is 0 Å². The molecule has 3 heteroatoms. The fourth-order valence-electron chi connectivity index (χ4n) is 2.84. The monoisotopic (exact) mass is 261 g/mol. The van der Waals surface area contributed by atoms with Gasteiger partial charge >= 0.3 is 0 Å². The molecule has 1 fully saturated rings. The first kappa shape index (κ1) is 14.4. The van der Waals surface area contributed by atoms with Crippen molar-refractivity contribution >= 4 is 5.69 Å². The molecule has 2 rings (SSSR count). The molecule has 1 aromatic rings. The van der Waals surface area contributed by atoms with E-state index < -0.39 is 0 Å². The van der Waals surface area contributed by atoms with Crippen LogP contribution in [0.4, 0.5) is 5.69 Å². The Bertz CT molecular complexity index is 372. The van der Waals surface area contributed by atoms with Crippen LogP contribution in [0, 0.1) is 0 Å². The van der Waals surface area contributed by atoms with Crippen LogP contribution in [0.1, 0.15) is 25.3 Å². The lowest BCUT2D eigenvalue weighted by Crippen LogP contribution is -2.37. The van der Waals surface area contributed by atoms with Crippen molar-refractivity contribution in [3.8, 4) is 0 Å². The van der Waals surface area contributed by atoms with Crippen molar-refractivity contribution in [1.82, 2.24) is 10.2 Å². The first-order valence-corrected chi connectivity index (χ1v) is 7.41. The normalized spacial score (nSPS) is 19.8. The molecule has 1 aromatic carbocycles. The molecule has 0 amide bonds. The molecule has 0 bridgehead atoms. The fraction of sp³-hybridized carbons (Fsp3) is 0.625. The van der Waals surface area contributed by atoms with Gasteiger partial charge in [-0.3, -0.25) is 4.90 Å². The predicted molar refractivity (Wildman–Crippen MR) is 82.7 cm³/mol. The number of nitrogens with one attached hydrogen (secondary N) is 1. The third-order valence-corrected chi connectivity index (χ3v) is 4.07. The van der Waals surface area contributed by atoms with Gasteiger partial charge < -0.3 is 10.2 Å². The lowest BCUT2D eigenvalue weighted by molar-refractivity contribution is 0.260. The Morgan fingerprint density at radius 2 is 2.00 bits per heavy atom. The summed E-state index contributed by atoms with van der Waals surface area (Å²) in [6, 6.07) is 9.55. The quantitative estimate of drug-likeness (QED) is 0.848. The third-order valence-electron chi connectivity index (χ3n) is 4.07. The number of likely N-dealkylation sites (tertiary alicyclic amines) is 1. The van der Waals surface area contributed by atoms with Crippen molar-refractivity contribution in [3.05, 3.63) is 29.8 Å². The van der Waals surface area contributed by atoms with Gasteiger partial charge in [-0.05, 0) is 43.6 Å². The van der Waals surface area contributed by atoms with E-state index in [1.165, 1.54) is 37.2 Å². The van der Waals surface area contributed by atoms with Crippen molar-refractivity contribution in [2.75, 3.05) is 38.6 Å². The number of likely N-dealkylation sites (N-methyl/N-ethyl adjacent to an activating group) is 1. The Morgan fingerprint density at radius 3 is 2.63 bits per heavy atom. The molecule has 0 aliphatic carbocycles. The Morgan fingerprint density at radius 1 is 1.26 bits per heavy atom. The summed E-state index contributed by atoms with van der Waals surface area (Å²) < 4.78 is 0. The highest BCUT2D eigenvalue weighted by atomic mass is 15.2. The van der Waals surface area contributed by atoms with Crippen LogP contribution < -0.4 is 10.2 Å². The molecule has 0 radical (unpaired) electrons. The number of anilines is 1. The minimum atomic E-state index is 0.742. The standard InChI is InChI=1S/C16H27N3/c1-4-19-11-5-6-16(19)13-17-12-14-7-9-15(10-8-14)18(2)3/h7-10,16-17H,4-6,11-13H2,1-3H3. The number of benzene rings is 1. The Hall–Kier alpha value is -1.06. The van der Waals surface area contributed by atoms with Gasteiger partial charge in [0.15, 0.2) is 0 Å². The zero-order chi connectivity index (χ0) is 13.7. The highest BCUT2D eigenvalue weighted by Crippen LogP contribution is 2.16. The smallest absolute Gasteiger partial charge is 0.0361 e. The molecule has 0 saturated carbocycles. The highest BCUT2D eigenvalue weighted by molar-refractivity contribution is 5.45. The van der Waals surface area contributed by atoms with Crippen molar-refractivity contribution < 1.29 is 0 Å². The molecule has 1 aliphatic rings. The summed E-state index contributed by atoms with van der Waals surface area (Å²) in [6.07, 6.45) is 2.71. The molecule has 1 unspecified atom stereocenters. The van der Waals surface area contributed by atoms with E-state index in [1.807, 2.05) is 0 Å². The van der Waals surface area contributed by atoms with Crippen LogP contribution in [0.3, 0.4) is 0 Å². The van der Waals surface area contributed by atoms with Crippen LogP contribution >= 0.6 is 0 Å². The molecule has 1 N–H and O–H groups in total. The molecular formula is C16H27N3. The van der Waals surface area contributed by atoms with Gasteiger partial charge in [-0.2, -0.15) is 0 Å². The van der Waals surface area contributed by atoms with Gasteiger partial charge in [-0.1, -0.05) is 19.1 Å². The SMILES string of the molecule is CCN1CCCC1CNCc1ccc(N(C)C)cc1. The topological polar surface area (TPSA) is 18.5 Å². The first-order valence-electron chi connectivity index (χ1n) is 7.41. The van der Waals surface area contributed by atoms with E-state index in [2.05, 4.69) is 60.4 Å². The summed E-state index contributed by atoms with van der Waals surface area (Å²) in [5.74, 6) is 0. The fourth-order valence-corrected chi connectivity index (χ4v) is 2.84. The molecule has 1 aliphatic heterocycles. The molecular weight excluding hydrogens is 234 g/mol. The molecule has 1 heterocycles. The average molecular weight is 261 g/mol. The second kappa shape index (κ2) is 6.92. The number of rotatable bonds is 6. The van der Waals surface area contributed by atoms with Gasteiger partial charge in [0.1, 0.15) is 0 Å². The summed E-state index contributed by atoms with van der Waals surface area (Å²) >= 11 is 0. The van der Waals surface area contributed by atoms with Crippen LogP contribution in [0.15, 0.2) is 24.3 Å². The largest absolute Gasteiger partial charge is 0.378 e. The van der Waals surface area contributed by atoms with Gasteiger partial charge in [-0.25, -0.2) is 0 Å². The minimum Gasteiger partial charge on any atom is -0.378 e. The summed E-state index contributed by atoms with van der Waals surface area (Å²) in [6.45, 7) is 6.81. The molecule has 1 saturated heterocycles.